The van der Waals surface area contributed by atoms with Crippen molar-refractivity contribution in [3.8, 4) is 0 Å². The molecule has 1 atom stereocenters. The smallest absolute Gasteiger partial charge is 0.0423 e. The molecule has 0 radical (unpaired) electrons. The Morgan fingerprint density at radius 3 is 2.28 bits per heavy atom. The van der Waals surface area contributed by atoms with Crippen molar-refractivity contribution < 1.29 is 0 Å². The monoisotopic (exact) mass is 308 g/mol. The highest BCUT2D eigenvalue weighted by Crippen LogP contribution is 2.41. The predicted octanol–water partition coefficient (Wildman–Crippen LogP) is 5.90. The average Bonchev–Trinajstić information content (AvgIpc) is 2.40. The first kappa shape index (κ1) is 14.1. The highest BCUT2D eigenvalue weighted by Gasteiger charge is 2.25. The Morgan fingerprint density at radius 1 is 1.11 bits per heavy atom. The summed E-state index contributed by atoms with van der Waals surface area (Å²) in [6, 6.07) is 9.25. The summed E-state index contributed by atoms with van der Waals surface area (Å²) < 4.78 is 0. The third-order valence-electron chi connectivity index (χ3n) is 4.31. The molecule has 0 N–H and O–H groups in total. The van der Waals surface area contributed by atoms with Gasteiger partial charge in [-0.1, -0.05) is 73.3 Å². The Kier molecular flexibility index (Phi) is 5.29. The van der Waals surface area contributed by atoms with Crippen LogP contribution in [0.5, 0.6) is 0 Å². The molecule has 0 nitrogen and oxygen atoms in total. The number of hydrogen-bond donors (Lipinski definition) is 0. The zero-order chi connectivity index (χ0) is 13.0. The summed E-state index contributed by atoms with van der Waals surface area (Å²) >= 11 is 3.93. The van der Waals surface area contributed by atoms with Crippen LogP contribution in [0.25, 0.3) is 0 Å². The Morgan fingerprint density at radius 2 is 1.72 bits per heavy atom. The first-order valence-corrected chi connectivity index (χ1v) is 8.35. The molecule has 0 amide bonds. The summed E-state index contributed by atoms with van der Waals surface area (Å²) in [7, 11) is 0. The molecule has 100 valence electrons. The van der Waals surface area contributed by atoms with Crippen LogP contribution in [-0.2, 0) is 6.42 Å². The summed E-state index contributed by atoms with van der Waals surface area (Å²) in [5, 5.41) is 0. The topological polar surface area (TPSA) is 0 Å². The second kappa shape index (κ2) is 6.75. The van der Waals surface area contributed by atoms with E-state index in [0.717, 1.165) is 11.8 Å². The van der Waals surface area contributed by atoms with Gasteiger partial charge in [0.2, 0.25) is 0 Å². The molecular formula is C17H25Br. The average molecular weight is 309 g/mol. The maximum absolute atomic E-state index is 3.93. The van der Waals surface area contributed by atoms with Gasteiger partial charge in [0.05, 0.1) is 0 Å². The lowest BCUT2D eigenvalue weighted by molar-refractivity contribution is 0.287. The van der Waals surface area contributed by atoms with Gasteiger partial charge in [0.25, 0.3) is 0 Å². The van der Waals surface area contributed by atoms with Crippen LogP contribution in [0.15, 0.2) is 24.3 Å². The molecule has 0 heterocycles. The lowest BCUT2D eigenvalue weighted by Gasteiger charge is -2.30. The Bertz CT molecular complexity index is 346. The molecule has 0 aromatic heterocycles. The van der Waals surface area contributed by atoms with Crippen molar-refractivity contribution in [3.63, 3.8) is 0 Å². The third kappa shape index (κ3) is 3.60. The minimum atomic E-state index is 0.556. The van der Waals surface area contributed by atoms with E-state index in [1.165, 1.54) is 49.7 Å². The standard InChI is InChI=1S/C17H25Br/c1-3-4-14-7-11-16(12-8-14)17(18)15-9-5-13(2)6-10-15/h7-8,11-13,15,17H,3-6,9-10H2,1-2H3. The van der Waals surface area contributed by atoms with E-state index in [1.807, 2.05) is 0 Å². The van der Waals surface area contributed by atoms with Crippen LogP contribution in [0.1, 0.15) is 61.9 Å². The Balaban J connectivity index is 1.97. The fourth-order valence-electron chi connectivity index (χ4n) is 3.01. The molecule has 1 aromatic rings. The minimum Gasteiger partial charge on any atom is -0.0836 e. The maximum Gasteiger partial charge on any atom is 0.0423 e. The number of halogens is 1. The van der Waals surface area contributed by atoms with Crippen LogP contribution in [0.2, 0.25) is 0 Å². The number of benzene rings is 1. The van der Waals surface area contributed by atoms with Gasteiger partial charge in [0, 0.05) is 4.83 Å². The van der Waals surface area contributed by atoms with Crippen LogP contribution >= 0.6 is 15.9 Å². The molecule has 1 aromatic carbocycles. The zero-order valence-electron chi connectivity index (χ0n) is 11.7. The third-order valence-corrected chi connectivity index (χ3v) is 5.59. The molecule has 0 bridgehead atoms. The van der Waals surface area contributed by atoms with Crippen LogP contribution < -0.4 is 0 Å². The minimum absolute atomic E-state index is 0.556. The maximum atomic E-state index is 3.93. The molecule has 0 spiro atoms. The van der Waals surface area contributed by atoms with Crippen molar-refractivity contribution in [1.82, 2.24) is 0 Å². The van der Waals surface area contributed by atoms with Gasteiger partial charge in [-0.05, 0) is 42.2 Å². The number of aryl methyl sites for hydroxylation is 1. The van der Waals surface area contributed by atoms with Crippen molar-refractivity contribution in [1.29, 1.82) is 0 Å². The summed E-state index contributed by atoms with van der Waals surface area (Å²) in [6.45, 7) is 4.63. The van der Waals surface area contributed by atoms with Gasteiger partial charge < -0.3 is 0 Å². The molecule has 1 heteroatoms. The molecular weight excluding hydrogens is 284 g/mol. The van der Waals surface area contributed by atoms with Gasteiger partial charge in [0.1, 0.15) is 0 Å². The van der Waals surface area contributed by atoms with Gasteiger partial charge in [0.15, 0.2) is 0 Å². The zero-order valence-corrected chi connectivity index (χ0v) is 13.2. The quantitative estimate of drug-likeness (QED) is 0.607. The van der Waals surface area contributed by atoms with Crippen molar-refractivity contribution in [3.05, 3.63) is 35.4 Å². The van der Waals surface area contributed by atoms with E-state index in [4.69, 9.17) is 0 Å². The molecule has 1 aliphatic rings. The van der Waals surface area contributed by atoms with Gasteiger partial charge in [-0.15, -0.1) is 0 Å². The normalized spacial score (nSPS) is 25.9. The first-order chi connectivity index (χ1) is 8.70. The Labute approximate surface area is 120 Å². The van der Waals surface area contributed by atoms with Crippen LogP contribution in [0.4, 0.5) is 0 Å². The molecule has 18 heavy (non-hydrogen) atoms. The molecule has 1 fully saturated rings. The van der Waals surface area contributed by atoms with E-state index >= 15 is 0 Å². The lowest BCUT2D eigenvalue weighted by atomic mass is 9.80. The predicted molar refractivity (Wildman–Crippen MR) is 83.2 cm³/mol. The molecule has 1 aliphatic carbocycles. The first-order valence-electron chi connectivity index (χ1n) is 7.43. The van der Waals surface area contributed by atoms with Crippen LogP contribution in [0.3, 0.4) is 0 Å². The highest BCUT2D eigenvalue weighted by atomic mass is 79.9. The summed E-state index contributed by atoms with van der Waals surface area (Å²) in [6.07, 6.45) is 8.01. The lowest BCUT2D eigenvalue weighted by Crippen LogP contribution is -2.16. The fourth-order valence-corrected chi connectivity index (χ4v) is 3.84. The van der Waals surface area contributed by atoms with Gasteiger partial charge in [-0.3, -0.25) is 0 Å². The Hall–Kier alpha value is -0.300. The number of rotatable bonds is 4. The SMILES string of the molecule is CCCc1ccc(C(Br)C2CCC(C)CC2)cc1. The van der Waals surface area contributed by atoms with Crippen molar-refractivity contribution in [2.75, 3.05) is 0 Å². The molecule has 1 unspecified atom stereocenters. The molecule has 1 saturated carbocycles. The summed E-state index contributed by atoms with van der Waals surface area (Å²) in [5.41, 5.74) is 2.94. The van der Waals surface area contributed by atoms with Crippen molar-refractivity contribution in [2.24, 2.45) is 11.8 Å². The van der Waals surface area contributed by atoms with E-state index in [2.05, 4.69) is 54.0 Å². The largest absolute Gasteiger partial charge is 0.0836 e. The fraction of sp³-hybridized carbons (Fsp3) is 0.647. The van der Waals surface area contributed by atoms with E-state index in [-0.39, 0.29) is 0 Å². The van der Waals surface area contributed by atoms with E-state index in [9.17, 15) is 0 Å². The highest BCUT2D eigenvalue weighted by molar-refractivity contribution is 9.09. The van der Waals surface area contributed by atoms with Crippen LogP contribution in [-0.4, -0.2) is 0 Å². The molecule has 2 rings (SSSR count). The van der Waals surface area contributed by atoms with E-state index < -0.39 is 0 Å². The van der Waals surface area contributed by atoms with E-state index in [1.54, 1.807) is 0 Å². The van der Waals surface area contributed by atoms with Gasteiger partial charge in [-0.25, -0.2) is 0 Å². The van der Waals surface area contributed by atoms with Crippen LogP contribution in [0, 0.1) is 11.8 Å². The number of alkyl halides is 1. The second-order valence-electron chi connectivity index (χ2n) is 5.91. The number of hydrogen-bond acceptors (Lipinski definition) is 0. The second-order valence-corrected chi connectivity index (χ2v) is 6.90. The molecule has 0 aliphatic heterocycles. The van der Waals surface area contributed by atoms with Gasteiger partial charge >= 0.3 is 0 Å². The van der Waals surface area contributed by atoms with E-state index in [0.29, 0.717) is 4.83 Å². The summed E-state index contributed by atoms with van der Waals surface area (Å²) in [5.74, 6) is 1.77. The van der Waals surface area contributed by atoms with Gasteiger partial charge in [-0.2, -0.15) is 0 Å². The van der Waals surface area contributed by atoms with Crippen molar-refractivity contribution in [2.45, 2.75) is 57.2 Å². The summed E-state index contributed by atoms with van der Waals surface area (Å²) in [4.78, 5) is 0.556. The molecule has 0 saturated heterocycles. The van der Waals surface area contributed by atoms with Crippen molar-refractivity contribution >= 4 is 15.9 Å².